The molecule has 5 heteroatoms. The molecular weight excluding hydrogens is 576 g/mol. The van der Waals surface area contributed by atoms with Crippen LogP contribution < -0.4 is 0 Å². The summed E-state index contributed by atoms with van der Waals surface area (Å²) in [4.78, 5) is 20.1. The molecule has 0 N–H and O–H groups in total. The van der Waals surface area contributed by atoms with Gasteiger partial charge in [0.15, 0.2) is 17.5 Å². The Morgan fingerprint density at radius 3 is 2.04 bits per heavy atom. The molecule has 0 saturated heterocycles. The van der Waals surface area contributed by atoms with E-state index in [2.05, 4.69) is 120 Å². The van der Waals surface area contributed by atoms with Gasteiger partial charge in [0.2, 0.25) is 0 Å². The summed E-state index contributed by atoms with van der Waals surface area (Å²) in [7, 11) is 0. The highest BCUT2D eigenvalue weighted by atomic mass is 16.3. The van der Waals surface area contributed by atoms with E-state index in [0.29, 0.717) is 17.5 Å². The minimum absolute atomic E-state index is 0.593. The molecule has 0 radical (unpaired) electrons. The molecule has 218 valence electrons. The summed E-state index contributed by atoms with van der Waals surface area (Å²) >= 11 is 0. The predicted octanol–water partition coefficient (Wildman–Crippen LogP) is 10.8. The topological polar surface area (TPSA) is 64.7 Å². The van der Waals surface area contributed by atoms with E-state index in [4.69, 9.17) is 19.4 Å². The van der Waals surface area contributed by atoms with Crippen LogP contribution in [-0.4, -0.2) is 19.9 Å². The number of fused-ring (bicyclic) bond motifs is 9. The normalized spacial score (nSPS) is 11.8. The van der Waals surface area contributed by atoms with Crippen LogP contribution in [0.4, 0.5) is 0 Å². The minimum Gasteiger partial charge on any atom is -0.455 e. The van der Waals surface area contributed by atoms with Gasteiger partial charge < -0.3 is 4.42 Å². The van der Waals surface area contributed by atoms with E-state index in [1.54, 1.807) is 6.20 Å². The van der Waals surface area contributed by atoms with E-state index in [1.165, 1.54) is 16.2 Å². The summed E-state index contributed by atoms with van der Waals surface area (Å²) in [6, 6.07) is 48.1. The molecule has 0 amide bonds. The lowest BCUT2D eigenvalue weighted by atomic mass is 9.96. The van der Waals surface area contributed by atoms with E-state index in [-0.39, 0.29) is 0 Å². The van der Waals surface area contributed by atoms with Crippen molar-refractivity contribution in [2.75, 3.05) is 0 Å². The van der Waals surface area contributed by atoms with Crippen LogP contribution in [0.15, 0.2) is 150 Å². The lowest BCUT2D eigenvalue weighted by Crippen LogP contribution is -2.01. The summed E-state index contributed by atoms with van der Waals surface area (Å²) in [6.07, 6.45) is 1.80. The van der Waals surface area contributed by atoms with Crippen LogP contribution in [0.25, 0.3) is 99.3 Å². The van der Waals surface area contributed by atoms with E-state index in [9.17, 15) is 0 Å². The van der Waals surface area contributed by atoms with Crippen LogP contribution in [0, 0.1) is 0 Å². The van der Waals surface area contributed by atoms with Gasteiger partial charge in [-0.2, -0.15) is 0 Å². The Labute approximate surface area is 268 Å². The molecule has 3 aromatic heterocycles. The van der Waals surface area contributed by atoms with Gasteiger partial charge in [0, 0.05) is 39.0 Å². The number of hydrogen-bond acceptors (Lipinski definition) is 5. The van der Waals surface area contributed by atoms with Crippen LogP contribution >= 0.6 is 0 Å². The average Bonchev–Trinajstić information content (AvgIpc) is 3.54. The Bertz CT molecular complexity index is 2870. The molecule has 0 saturated carbocycles. The van der Waals surface area contributed by atoms with Gasteiger partial charge in [-0.05, 0) is 74.8 Å². The number of benzene rings is 7. The van der Waals surface area contributed by atoms with Gasteiger partial charge in [-0.3, -0.25) is 4.98 Å². The van der Waals surface area contributed by atoms with Crippen molar-refractivity contribution in [1.29, 1.82) is 0 Å². The van der Waals surface area contributed by atoms with Crippen molar-refractivity contribution in [3.8, 4) is 34.2 Å². The maximum atomic E-state index is 6.50. The Morgan fingerprint density at radius 1 is 0.426 bits per heavy atom. The highest BCUT2D eigenvalue weighted by molar-refractivity contribution is 6.18. The maximum absolute atomic E-state index is 6.50. The molecule has 7 aromatic carbocycles. The van der Waals surface area contributed by atoms with Crippen molar-refractivity contribution in [2.45, 2.75) is 0 Å². The average molecular weight is 601 g/mol. The summed E-state index contributed by atoms with van der Waals surface area (Å²) in [6.45, 7) is 0. The fourth-order valence-electron chi connectivity index (χ4n) is 6.94. The second kappa shape index (κ2) is 10.0. The highest BCUT2D eigenvalue weighted by Crippen LogP contribution is 2.40. The lowest BCUT2D eigenvalue weighted by molar-refractivity contribution is 0.672. The first-order valence-electron chi connectivity index (χ1n) is 15.6. The third kappa shape index (κ3) is 4.03. The van der Waals surface area contributed by atoms with Gasteiger partial charge in [0.1, 0.15) is 11.2 Å². The Hall–Kier alpha value is -6.46. The number of aromatic nitrogens is 4. The zero-order chi connectivity index (χ0) is 30.9. The fourth-order valence-corrected chi connectivity index (χ4v) is 6.94. The second-order valence-corrected chi connectivity index (χ2v) is 11.9. The largest absolute Gasteiger partial charge is 0.455 e. The molecule has 0 bridgehead atoms. The highest BCUT2D eigenvalue weighted by Gasteiger charge is 2.20. The zero-order valence-corrected chi connectivity index (χ0v) is 25.1. The molecule has 10 aromatic rings. The monoisotopic (exact) mass is 600 g/mol. The van der Waals surface area contributed by atoms with Crippen LogP contribution in [0.1, 0.15) is 0 Å². The summed E-state index contributed by atoms with van der Waals surface area (Å²) in [5.41, 5.74) is 5.26. The first kappa shape index (κ1) is 25.8. The molecule has 10 rings (SSSR count). The van der Waals surface area contributed by atoms with Crippen LogP contribution in [0.3, 0.4) is 0 Å². The van der Waals surface area contributed by atoms with Crippen molar-refractivity contribution in [3.05, 3.63) is 146 Å². The SMILES string of the molecule is c1ccc2cc(-c3nc(-c4cc5ccccc5c5ccccc45)nc(-c4cccc5oc6c7cccnc7ccc6c45)n3)ccc2c1. The molecule has 0 fully saturated rings. The van der Waals surface area contributed by atoms with Crippen LogP contribution in [0.5, 0.6) is 0 Å². The van der Waals surface area contributed by atoms with Crippen molar-refractivity contribution in [3.63, 3.8) is 0 Å². The van der Waals surface area contributed by atoms with E-state index < -0.39 is 0 Å². The molecule has 0 aliphatic carbocycles. The molecule has 0 atom stereocenters. The Kier molecular flexibility index (Phi) is 5.51. The molecule has 47 heavy (non-hydrogen) atoms. The number of furan rings is 1. The summed E-state index contributed by atoms with van der Waals surface area (Å²) in [5, 5.41) is 9.85. The smallest absolute Gasteiger partial charge is 0.164 e. The van der Waals surface area contributed by atoms with Crippen LogP contribution in [-0.2, 0) is 0 Å². The molecule has 5 nitrogen and oxygen atoms in total. The van der Waals surface area contributed by atoms with Gasteiger partial charge in [-0.15, -0.1) is 0 Å². The third-order valence-electron chi connectivity index (χ3n) is 9.14. The van der Waals surface area contributed by atoms with Crippen molar-refractivity contribution in [1.82, 2.24) is 19.9 Å². The van der Waals surface area contributed by atoms with E-state index in [1.807, 2.05) is 24.3 Å². The van der Waals surface area contributed by atoms with Crippen LogP contribution in [0.2, 0.25) is 0 Å². The zero-order valence-electron chi connectivity index (χ0n) is 25.1. The Morgan fingerprint density at radius 2 is 1.15 bits per heavy atom. The van der Waals surface area contributed by atoms with Gasteiger partial charge >= 0.3 is 0 Å². The molecule has 0 unspecified atom stereocenters. The molecule has 0 spiro atoms. The number of rotatable bonds is 3. The molecular formula is C42H24N4O. The second-order valence-electron chi connectivity index (χ2n) is 11.9. The molecule has 0 aliphatic heterocycles. The van der Waals surface area contributed by atoms with Crippen molar-refractivity contribution in [2.24, 2.45) is 0 Å². The fraction of sp³-hybridized carbons (Fsp3) is 0. The summed E-state index contributed by atoms with van der Waals surface area (Å²) < 4.78 is 6.50. The molecule has 0 aliphatic rings. The lowest BCUT2D eigenvalue weighted by Gasteiger charge is -2.13. The van der Waals surface area contributed by atoms with Gasteiger partial charge in [-0.25, -0.2) is 15.0 Å². The quantitative estimate of drug-likeness (QED) is 0.189. The van der Waals surface area contributed by atoms with E-state index >= 15 is 0 Å². The molecule has 3 heterocycles. The number of nitrogens with zero attached hydrogens (tertiary/aromatic N) is 4. The summed E-state index contributed by atoms with van der Waals surface area (Å²) in [5.74, 6) is 1.84. The van der Waals surface area contributed by atoms with Crippen molar-refractivity contribution < 1.29 is 4.42 Å². The first-order valence-corrected chi connectivity index (χ1v) is 15.6. The first-order chi connectivity index (χ1) is 23.3. The number of hydrogen-bond donors (Lipinski definition) is 0. The predicted molar refractivity (Wildman–Crippen MR) is 191 cm³/mol. The van der Waals surface area contributed by atoms with Crippen molar-refractivity contribution >= 4 is 65.2 Å². The van der Waals surface area contributed by atoms with Gasteiger partial charge in [0.05, 0.1) is 5.52 Å². The third-order valence-corrected chi connectivity index (χ3v) is 9.14. The standard InChI is InChI=1S/C42H24N4O/c1-2-10-26-23-28(19-18-25(26)9-1)40-44-41(34-15-7-17-37-38(34)33-20-21-36-32(39(33)47-37)16-8-22-43-36)46-42(45-40)35-24-27-11-3-4-12-29(27)30-13-5-6-14-31(30)35/h1-24H. The minimum atomic E-state index is 0.593. The van der Waals surface area contributed by atoms with Gasteiger partial charge in [0.25, 0.3) is 0 Å². The maximum Gasteiger partial charge on any atom is 0.164 e. The van der Waals surface area contributed by atoms with Gasteiger partial charge in [-0.1, -0.05) is 97.1 Å². The number of pyridine rings is 1. The van der Waals surface area contributed by atoms with E-state index in [0.717, 1.165) is 65.7 Å². The Balaban J connectivity index is 1.29.